The topological polar surface area (TPSA) is 17.8 Å². The summed E-state index contributed by atoms with van der Waals surface area (Å²) in [4.78, 5) is 0. The molecule has 0 amide bonds. The average Bonchev–Trinajstić information content (AvgIpc) is 2.15. The third kappa shape index (κ3) is 1.93. The molecule has 0 aliphatic rings. The maximum Gasteiger partial charge on any atom is 0.143 e. The zero-order valence-electron chi connectivity index (χ0n) is 7.03. The lowest BCUT2D eigenvalue weighted by atomic mass is 10.1. The molecule has 1 heterocycles. The van der Waals surface area contributed by atoms with Crippen molar-refractivity contribution in [2.24, 2.45) is 0 Å². The van der Waals surface area contributed by atoms with Crippen LogP contribution < -0.4 is 0 Å². The van der Waals surface area contributed by atoms with Crippen molar-refractivity contribution >= 4 is 47.8 Å². The lowest BCUT2D eigenvalue weighted by molar-refractivity contribution is 0.347. The van der Waals surface area contributed by atoms with Gasteiger partial charge in [-0.2, -0.15) is 5.10 Å². The lowest BCUT2D eigenvalue weighted by Crippen LogP contribution is -2.23. The molecule has 1 rings (SSSR count). The molecular weight excluding hydrogens is 352 g/mol. The first-order chi connectivity index (χ1) is 5.34. The van der Waals surface area contributed by atoms with E-state index in [1.54, 1.807) is 0 Å². The number of rotatable bonds is 0. The van der Waals surface area contributed by atoms with Crippen molar-refractivity contribution in [3.63, 3.8) is 0 Å². The molecule has 0 aliphatic heterocycles. The Balaban J connectivity index is 3.28. The van der Waals surface area contributed by atoms with Gasteiger partial charge in [0.25, 0.3) is 0 Å². The summed E-state index contributed by atoms with van der Waals surface area (Å²) in [6.45, 7) is 6.30. The fourth-order valence-electron chi connectivity index (χ4n) is 0.798. The Morgan fingerprint density at radius 1 is 1.17 bits per heavy atom. The minimum absolute atomic E-state index is 0.00657. The Labute approximate surface area is 97.1 Å². The Hall–Kier alpha value is 0.650. The molecule has 1 aromatic rings. The van der Waals surface area contributed by atoms with Crippen molar-refractivity contribution in [2.45, 2.75) is 26.3 Å². The fraction of sp³-hybridized carbons (Fsp3) is 0.571. The van der Waals surface area contributed by atoms with Gasteiger partial charge in [0.15, 0.2) is 0 Å². The first kappa shape index (κ1) is 10.7. The van der Waals surface area contributed by atoms with Gasteiger partial charge in [-0.1, -0.05) is 0 Å². The van der Waals surface area contributed by atoms with Gasteiger partial charge in [-0.05, 0) is 68.6 Å². The molecular formula is C7H9Br3N2. The lowest BCUT2D eigenvalue weighted by Gasteiger charge is -2.20. The number of hydrogen-bond donors (Lipinski definition) is 0. The van der Waals surface area contributed by atoms with E-state index in [-0.39, 0.29) is 5.54 Å². The van der Waals surface area contributed by atoms with Crippen LogP contribution in [0.15, 0.2) is 13.7 Å². The summed E-state index contributed by atoms with van der Waals surface area (Å²) in [6, 6.07) is 0. The van der Waals surface area contributed by atoms with Crippen LogP contribution in [0.1, 0.15) is 20.8 Å². The third-order valence-electron chi connectivity index (χ3n) is 1.37. The Morgan fingerprint density at radius 3 is 1.83 bits per heavy atom. The van der Waals surface area contributed by atoms with Gasteiger partial charge in [0, 0.05) is 0 Å². The first-order valence-corrected chi connectivity index (χ1v) is 5.82. The van der Waals surface area contributed by atoms with E-state index in [1.807, 2.05) is 4.68 Å². The Kier molecular flexibility index (Phi) is 3.06. The number of hydrogen-bond acceptors (Lipinski definition) is 1. The van der Waals surface area contributed by atoms with Crippen molar-refractivity contribution in [3.05, 3.63) is 13.7 Å². The SMILES string of the molecule is CC(C)(C)n1nc(Br)c(Br)c1Br. The maximum absolute atomic E-state index is 4.32. The van der Waals surface area contributed by atoms with E-state index in [0.717, 1.165) is 13.7 Å². The second-order valence-corrected chi connectivity index (χ2v) is 5.77. The van der Waals surface area contributed by atoms with Crippen LogP contribution in [0.2, 0.25) is 0 Å². The molecule has 0 saturated carbocycles. The van der Waals surface area contributed by atoms with E-state index in [0.29, 0.717) is 0 Å². The molecule has 2 nitrogen and oxygen atoms in total. The van der Waals surface area contributed by atoms with E-state index < -0.39 is 0 Å². The van der Waals surface area contributed by atoms with Crippen molar-refractivity contribution < 1.29 is 0 Å². The van der Waals surface area contributed by atoms with Gasteiger partial charge in [0.05, 0.1) is 10.0 Å². The van der Waals surface area contributed by atoms with E-state index >= 15 is 0 Å². The van der Waals surface area contributed by atoms with Crippen LogP contribution in [0, 0.1) is 0 Å². The van der Waals surface area contributed by atoms with Gasteiger partial charge in [0.2, 0.25) is 0 Å². The summed E-state index contributed by atoms with van der Waals surface area (Å²) in [5, 5.41) is 4.32. The largest absolute Gasteiger partial charge is 0.251 e. The van der Waals surface area contributed by atoms with E-state index in [1.165, 1.54) is 0 Å². The van der Waals surface area contributed by atoms with Gasteiger partial charge < -0.3 is 0 Å². The zero-order chi connectivity index (χ0) is 9.52. The van der Waals surface area contributed by atoms with Gasteiger partial charge in [-0.3, -0.25) is 4.68 Å². The normalized spacial score (nSPS) is 12.2. The van der Waals surface area contributed by atoms with Gasteiger partial charge >= 0.3 is 0 Å². The molecule has 0 saturated heterocycles. The number of aromatic nitrogens is 2. The molecule has 68 valence electrons. The molecule has 0 aliphatic carbocycles. The van der Waals surface area contributed by atoms with Crippen LogP contribution >= 0.6 is 47.8 Å². The molecule has 0 fully saturated rings. The summed E-state index contributed by atoms with van der Waals surface area (Å²) in [5.41, 5.74) is -0.00657. The molecule has 0 spiro atoms. The highest BCUT2D eigenvalue weighted by atomic mass is 79.9. The molecule has 0 unspecified atom stereocenters. The number of nitrogens with zero attached hydrogens (tertiary/aromatic N) is 2. The van der Waals surface area contributed by atoms with Gasteiger partial charge in [-0.15, -0.1) is 0 Å². The maximum atomic E-state index is 4.32. The van der Waals surface area contributed by atoms with Crippen LogP contribution in [-0.2, 0) is 5.54 Å². The fourth-order valence-corrected chi connectivity index (χ4v) is 2.46. The van der Waals surface area contributed by atoms with Crippen molar-refractivity contribution in [1.29, 1.82) is 0 Å². The highest BCUT2D eigenvalue weighted by Gasteiger charge is 2.21. The predicted molar refractivity (Wildman–Crippen MR) is 60.3 cm³/mol. The highest BCUT2D eigenvalue weighted by Crippen LogP contribution is 2.33. The minimum atomic E-state index is -0.00657. The second kappa shape index (κ2) is 3.42. The summed E-state index contributed by atoms with van der Waals surface area (Å²) < 4.78 is 4.66. The summed E-state index contributed by atoms with van der Waals surface area (Å²) in [5.74, 6) is 0. The number of halogens is 3. The smallest absolute Gasteiger partial charge is 0.143 e. The summed E-state index contributed by atoms with van der Waals surface area (Å²) in [6.07, 6.45) is 0. The first-order valence-electron chi connectivity index (χ1n) is 3.44. The molecule has 0 aromatic carbocycles. The van der Waals surface area contributed by atoms with Crippen molar-refractivity contribution in [2.75, 3.05) is 0 Å². The molecule has 0 bridgehead atoms. The van der Waals surface area contributed by atoms with E-state index in [2.05, 4.69) is 73.7 Å². The van der Waals surface area contributed by atoms with Crippen LogP contribution in [0.3, 0.4) is 0 Å². The Morgan fingerprint density at radius 2 is 1.67 bits per heavy atom. The van der Waals surface area contributed by atoms with E-state index in [4.69, 9.17) is 0 Å². The van der Waals surface area contributed by atoms with Crippen molar-refractivity contribution in [1.82, 2.24) is 9.78 Å². The van der Waals surface area contributed by atoms with Crippen LogP contribution in [0.5, 0.6) is 0 Å². The summed E-state index contributed by atoms with van der Waals surface area (Å²) in [7, 11) is 0. The van der Waals surface area contributed by atoms with E-state index in [9.17, 15) is 0 Å². The van der Waals surface area contributed by atoms with Gasteiger partial charge in [-0.25, -0.2) is 0 Å². The van der Waals surface area contributed by atoms with Crippen LogP contribution in [0.4, 0.5) is 0 Å². The molecule has 0 N–H and O–H groups in total. The Bertz CT molecular complexity index is 298. The molecule has 12 heavy (non-hydrogen) atoms. The van der Waals surface area contributed by atoms with Crippen molar-refractivity contribution in [3.8, 4) is 0 Å². The molecule has 1 aromatic heterocycles. The predicted octanol–water partition coefficient (Wildman–Crippen LogP) is 3.93. The molecule has 0 radical (unpaired) electrons. The molecule has 0 atom stereocenters. The third-order valence-corrected chi connectivity index (χ3v) is 4.47. The average molecular weight is 361 g/mol. The van der Waals surface area contributed by atoms with Crippen LogP contribution in [-0.4, -0.2) is 9.78 Å². The van der Waals surface area contributed by atoms with Gasteiger partial charge in [0.1, 0.15) is 9.21 Å². The zero-order valence-corrected chi connectivity index (χ0v) is 11.8. The van der Waals surface area contributed by atoms with Crippen LogP contribution in [0.25, 0.3) is 0 Å². The monoisotopic (exact) mass is 358 g/mol. The molecule has 5 heteroatoms. The standard InChI is InChI=1S/C7H9Br3N2/c1-7(2,3)12-6(10)4(8)5(9)11-12/h1-3H3. The summed E-state index contributed by atoms with van der Waals surface area (Å²) >= 11 is 10.2. The second-order valence-electron chi connectivity index (χ2n) is 3.48. The highest BCUT2D eigenvalue weighted by molar-refractivity contribution is 9.14. The quantitative estimate of drug-likeness (QED) is 0.685. The minimum Gasteiger partial charge on any atom is -0.251 e.